The van der Waals surface area contributed by atoms with Crippen molar-refractivity contribution < 1.29 is 14.3 Å². The minimum atomic E-state index is -0.606. The first-order valence-electron chi connectivity index (χ1n) is 11.6. The molecular weight excluding hydrogens is 402 g/mol. The molecule has 0 spiro atoms. The van der Waals surface area contributed by atoms with Crippen LogP contribution in [0.1, 0.15) is 44.2 Å². The number of alkyl carbamates (subject to hydrolysis) is 1. The predicted octanol–water partition coefficient (Wildman–Crippen LogP) is 4.11. The van der Waals surface area contributed by atoms with Crippen molar-refractivity contribution in [3.05, 3.63) is 71.8 Å². The summed E-state index contributed by atoms with van der Waals surface area (Å²) in [5.74, 6) is -0.116. The topological polar surface area (TPSA) is 70.7 Å². The lowest BCUT2D eigenvalue weighted by Gasteiger charge is -2.33. The molecule has 0 radical (unpaired) electrons. The lowest BCUT2D eigenvalue weighted by atomic mass is 9.97. The molecular formula is C26H35N3O3. The molecule has 1 heterocycles. The van der Waals surface area contributed by atoms with Crippen molar-refractivity contribution in [3.63, 3.8) is 0 Å². The monoisotopic (exact) mass is 437 g/mol. The summed E-state index contributed by atoms with van der Waals surface area (Å²) in [5.41, 5.74) is 2.22. The van der Waals surface area contributed by atoms with Gasteiger partial charge < -0.3 is 15.4 Å². The molecule has 2 aromatic rings. The first-order chi connectivity index (χ1) is 15.5. The number of amides is 2. The Hall–Kier alpha value is -2.86. The molecule has 0 aromatic heterocycles. The van der Waals surface area contributed by atoms with Gasteiger partial charge in [0.1, 0.15) is 12.6 Å². The fraction of sp³-hybridized carbons (Fsp3) is 0.462. The summed E-state index contributed by atoms with van der Waals surface area (Å²) in [6.45, 7) is 7.00. The average molecular weight is 438 g/mol. The highest BCUT2D eigenvalue weighted by molar-refractivity contribution is 5.86. The Bertz CT molecular complexity index is 836. The second-order valence-corrected chi connectivity index (χ2v) is 8.61. The number of likely N-dealkylation sites (tertiary alicyclic amines) is 1. The SMILES string of the molecule is CC[C@H](C)[C@H](NC(=O)OCc1ccccc1)C(=O)NC1CCN(Cc2ccccc2)CC1. The van der Waals surface area contributed by atoms with E-state index in [1.54, 1.807) is 0 Å². The predicted molar refractivity (Wildman–Crippen MR) is 126 cm³/mol. The Morgan fingerprint density at radius 2 is 1.59 bits per heavy atom. The number of carbonyl (C=O) groups excluding carboxylic acids is 2. The Morgan fingerprint density at radius 3 is 2.19 bits per heavy atom. The molecule has 6 nitrogen and oxygen atoms in total. The summed E-state index contributed by atoms with van der Waals surface area (Å²) in [5, 5.41) is 5.95. The van der Waals surface area contributed by atoms with Gasteiger partial charge in [-0.2, -0.15) is 0 Å². The second-order valence-electron chi connectivity index (χ2n) is 8.61. The average Bonchev–Trinajstić information content (AvgIpc) is 2.83. The molecule has 2 amide bonds. The number of nitrogens with zero attached hydrogens (tertiary/aromatic N) is 1. The molecule has 0 aliphatic carbocycles. The van der Waals surface area contributed by atoms with Crippen molar-refractivity contribution in [1.29, 1.82) is 0 Å². The summed E-state index contributed by atoms with van der Waals surface area (Å²) in [7, 11) is 0. The molecule has 0 saturated carbocycles. The molecule has 1 aliphatic rings. The molecule has 2 aromatic carbocycles. The Morgan fingerprint density at radius 1 is 1.00 bits per heavy atom. The van der Waals surface area contributed by atoms with Crippen LogP contribution in [0.15, 0.2) is 60.7 Å². The molecule has 6 heteroatoms. The minimum Gasteiger partial charge on any atom is -0.445 e. The Labute approximate surface area is 191 Å². The number of piperidine rings is 1. The Kier molecular flexibility index (Phi) is 9.11. The summed E-state index contributed by atoms with van der Waals surface area (Å²) < 4.78 is 5.33. The van der Waals surface area contributed by atoms with Gasteiger partial charge >= 0.3 is 6.09 Å². The van der Waals surface area contributed by atoms with Crippen LogP contribution in [0.2, 0.25) is 0 Å². The fourth-order valence-electron chi connectivity index (χ4n) is 3.96. The van der Waals surface area contributed by atoms with Gasteiger partial charge in [-0.05, 0) is 29.9 Å². The van der Waals surface area contributed by atoms with E-state index in [4.69, 9.17) is 4.74 Å². The number of carbonyl (C=O) groups is 2. The number of ether oxygens (including phenoxy) is 1. The molecule has 0 unspecified atom stereocenters. The van der Waals surface area contributed by atoms with E-state index in [-0.39, 0.29) is 24.5 Å². The number of rotatable bonds is 9. The van der Waals surface area contributed by atoms with Crippen molar-refractivity contribution >= 4 is 12.0 Å². The van der Waals surface area contributed by atoms with Gasteiger partial charge in [0.15, 0.2) is 0 Å². The van der Waals surface area contributed by atoms with Crippen LogP contribution >= 0.6 is 0 Å². The number of benzene rings is 2. The van der Waals surface area contributed by atoms with Crippen molar-refractivity contribution in [3.8, 4) is 0 Å². The third-order valence-electron chi connectivity index (χ3n) is 6.16. The first-order valence-corrected chi connectivity index (χ1v) is 11.6. The highest BCUT2D eigenvalue weighted by Gasteiger charge is 2.29. The first kappa shape index (κ1) is 23.8. The molecule has 2 atom stereocenters. The maximum Gasteiger partial charge on any atom is 0.408 e. The molecule has 1 aliphatic heterocycles. The summed E-state index contributed by atoms with van der Waals surface area (Å²) in [6.07, 6.45) is 2.04. The molecule has 0 bridgehead atoms. The van der Waals surface area contributed by atoms with Crippen molar-refractivity contribution in [2.24, 2.45) is 5.92 Å². The Balaban J connectivity index is 1.46. The minimum absolute atomic E-state index is 0.0115. The number of hydrogen-bond donors (Lipinski definition) is 2. The van der Waals surface area contributed by atoms with Gasteiger partial charge in [0.2, 0.25) is 5.91 Å². The van der Waals surface area contributed by atoms with E-state index in [0.717, 1.165) is 44.5 Å². The van der Waals surface area contributed by atoms with Crippen LogP contribution in [-0.2, 0) is 22.7 Å². The third-order valence-corrected chi connectivity index (χ3v) is 6.16. The zero-order chi connectivity index (χ0) is 22.8. The maximum atomic E-state index is 13.0. The molecule has 1 fully saturated rings. The molecule has 172 valence electrons. The largest absolute Gasteiger partial charge is 0.445 e. The van der Waals surface area contributed by atoms with Crippen molar-refractivity contribution in [2.75, 3.05) is 13.1 Å². The maximum absolute atomic E-state index is 13.0. The quantitative estimate of drug-likeness (QED) is 0.619. The fourth-order valence-corrected chi connectivity index (χ4v) is 3.96. The van der Waals surface area contributed by atoms with E-state index in [2.05, 4.69) is 39.8 Å². The number of hydrogen-bond acceptors (Lipinski definition) is 4. The van der Waals surface area contributed by atoms with E-state index < -0.39 is 12.1 Å². The molecule has 1 saturated heterocycles. The van der Waals surface area contributed by atoms with E-state index in [1.165, 1.54) is 5.56 Å². The van der Waals surface area contributed by atoms with Gasteiger partial charge in [-0.25, -0.2) is 4.79 Å². The highest BCUT2D eigenvalue weighted by Crippen LogP contribution is 2.15. The van der Waals surface area contributed by atoms with Gasteiger partial charge in [0.05, 0.1) is 0 Å². The summed E-state index contributed by atoms with van der Waals surface area (Å²) >= 11 is 0. The zero-order valence-corrected chi connectivity index (χ0v) is 19.1. The van der Waals surface area contributed by atoms with E-state index in [0.29, 0.717) is 0 Å². The normalized spacial score (nSPS) is 16.7. The van der Waals surface area contributed by atoms with E-state index in [9.17, 15) is 9.59 Å². The van der Waals surface area contributed by atoms with Crippen LogP contribution in [0.4, 0.5) is 4.79 Å². The van der Waals surface area contributed by atoms with Crippen LogP contribution in [0.5, 0.6) is 0 Å². The molecule has 2 N–H and O–H groups in total. The summed E-state index contributed by atoms with van der Waals surface area (Å²) in [4.78, 5) is 27.8. The van der Waals surface area contributed by atoms with E-state index >= 15 is 0 Å². The van der Waals surface area contributed by atoms with Gasteiger partial charge in [0.25, 0.3) is 0 Å². The smallest absolute Gasteiger partial charge is 0.408 e. The standard InChI is InChI=1S/C26H35N3O3/c1-3-20(2)24(28-26(31)32-19-22-12-8-5-9-13-22)25(30)27-23-14-16-29(17-15-23)18-21-10-6-4-7-11-21/h4-13,20,23-24H,3,14-19H2,1-2H3,(H,27,30)(H,28,31)/t20-,24-/m0/s1. The van der Waals surface area contributed by atoms with Crippen molar-refractivity contribution in [2.45, 2.75) is 58.3 Å². The van der Waals surface area contributed by atoms with Crippen LogP contribution in [0, 0.1) is 5.92 Å². The van der Waals surface area contributed by atoms with Crippen LogP contribution in [0.25, 0.3) is 0 Å². The van der Waals surface area contributed by atoms with Crippen molar-refractivity contribution in [1.82, 2.24) is 15.5 Å². The van der Waals surface area contributed by atoms with Gasteiger partial charge in [-0.3, -0.25) is 9.69 Å². The van der Waals surface area contributed by atoms with Gasteiger partial charge in [-0.1, -0.05) is 80.9 Å². The third kappa shape index (κ3) is 7.38. The van der Waals surface area contributed by atoms with Crippen LogP contribution in [-0.4, -0.2) is 42.1 Å². The molecule has 3 rings (SSSR count). The lowest BCUT2D eigenvalue weighted by Crippen LogP contribution is -2.54. The summed E-state index contributed by atoms with van der Waals surface area (Å²) in [6, 6.07) is 19.5. The second kappa shape index (κ2) is 12.2. The van der Waals surface area contributed by atoms with E-state index in [1.807, 2.05) is 50.2 Å². The molecule has 32 heavy (non-hydrogen) atoms. The van der Waals surface area contributed by atoms with Gasteiger partial charge in [0, 0.05) is 25.7 Å². The lowest BCUT2D eigenvalue weighted by molar-refractivity contribution is -0.125. The van der Waals surface area contributed by atoms with Crippen LogP contribution < -0.4 is 10.6 Å². The highest BCUT2D eigenvalue weighted by atomic mass is 16.5. The van der Waals surface area contributed by atoms with Gasteiger partial charge in [-0.15, -0.1) is 0 Å². The zero-order valence-electron chi connectivity index (χ0n) is 19.1. The number of nitrogens with one attached hydrogen (secondary N) is 2. The van der Waals surface area contributed by atoms with Crippen LogP contribution in [0.3, 0.4) is 0 Å².